The van der Waals surface area contributed by atoms with E-state index in [1.165, 1.54) is 26.4 Å². The highest BCUT2D eigenvalue weighted by Gasteiger charge is 2.22. The third-order valence-electron chi connectivity index (χ3n) is 4.70. The van der Waals surface area contributed by atoms with Gasteiger partial charge in [-0.2, -0.15) is 0 Å². The second kappa shape index (κ2) is 8.84. The average Bonchev–Trinajstić information content (AvgIpc) is 2.66. The second-order valence-electron chi connectivity index (χ2n) is 6.97. The molecule has 0 spiro atoms. The molecule has 0 aliphatic rings. The Hall–Kier alpha value is -2.25. The Morgan fingerprint density at radius 2 is 1.43 bits per heavy atom. The summed E-state index contributed by atoms with van der Waals surface area (Å²) >= 11 is 0. The quantitative estimate of drug-likeness (QED) is 0.710. The Morgan fingerprint density at radius 3 is 1.96 bits per heavy atom. The smallest absolute Gasteiger partial charge is 0.241 e. The van der Waals surface area contributed by atoms with E-state index in [4.69, 9.17) is 14.2 Å². The lowest BCUT2D eigenvalue weighted by Crippen LogP contribution is -2.27. The zero-order valence-corrected chi connectivity index (χ0v) is 18.3. The average molecular weight is 408 g/mol. The van der Waals surface area contributed by atoms with Crippen LogP contribution in [0.1, 0.15) is 49.4 Å². The summed E-state index contributed by atoms with van der Waals surface area (Å²) in [6, 6.07) is 8.08. The molecular weight excluding hydrogens is 378 g/mol. The Labute approximate surface area is 167 Å². The van der Waals surface area contributed by atoms with Gasteiger partial charge in [0.25, 0.3) is 0 Å². The standard InChI is InChI=1S/C21H29NO5S/c1-13(2)17-12-18(14(3)10-20(17)26-6)15(4)22-28(23,24)16-8-9-19(25-5)21(11-16)27-7/h8-13,15,22H,1-7H3/t15-/m1/s1. The van der Waals surface area contributed by atoms with Crippen molar-refractivity contribution in [1.82, 2.24) is 4.72 Å². The molecule has 2 rings (SSSR count). The number of hydrogen-bond acceptors (Lipinski definition) is 5. The van der Waals surface area contributed by atoms with E-state index in [0.29, 0.717) is 11.5 Å². The van der Waals surface area contributed by atoms with Crippen LogP contribution in [0.15, 0.2) is 35.2 Å². The van der Waals surface area contributed by atoms with Crippen LogP contribution in [0.3, 0.4) is 0 Å². The van der Waals surface area contributed by atoms with E-state index in [9.17, 15) is 8.42 Å². The van der Waals surface area contributed by atoms with Crippen LogP contribution < -0.4 is 18.9 Å². The Bertz CT molecular complexity index is 938. The van der Waals surface area contributed by atoms with Crippen molar-refractivity contribution in [3.05, 3.63) is 47.0 Å². The number of hydrogen-bond donors (Lipinski definition) is 1. The van der Waals surface area contributed by atoms with Crippen LogP contribution in [0.25, 0.3) is 0 Å². The fourth-order valence-corrected chi connectivity index (χ4v) is 4.40. The molecule has 0 saturated heterocycles. The lowest BCUT2D eigenvalue weighted by molar-refractivity contribution is 0.354. The van der Waals surface area contributed by atoms with Crippen LogP contribution in [0.2, 0.25) is 0 Å². The summed E-state index contributed by atoms with van der Waals surface area (Å²) in [6.07, 6.45) is 0. The SMILES string of the molecule is COc1ccc(S(=O)(=O)N[C@H](C)c2cc(C(C)C)c(OC)cc2C)cc1OC. The van der Waals surface area contributed by atoms with E-state index in [1.807, 2.05) is 26.0 Å². The minimum Gasteiger partial charge on any atom is -0.496 e. The largest absolute Gasteiger partial charge is 0.496 e. The number of aryl methyl sites for hydroxylation is 1. The molecule has 0 bridgehead atoms. The molecule has 0 aliphatic carbocycles. The summed E-state index contributed by atoms with van der Waals surface area (Å²) in [6.45, 7) is 7.94. The first kappa shape index (κ1) is 22.0. The number of rotatable bonds is 8. The topological polar surface area (TPSA) is 73.9 Å². The van der Waals surface area contributed by atoms with E-state index in [-0.39, 0.29) is 10.8 Å². The molecule has 1 N–H and O–H groups in total. The molecule has 7 heteroatoms. The predicted octanol–water partition coefficient (Wildman–Crippen LogP) is 4.18. The number of sulfonamides is 1. The molecule has 0 unspecified atom stereocenters. The van der Waals surface area contributed by atoms with Crippen molar-refractivity contribution in [3.63, 3.8) is 0 Å². The summed E-state index contributed by atoms with van der Waals surface area (Å²) in [4.78, 5) is 0.118. The number of nitrogens with one attached hydrogen (secondary N) is 1. The van der Waals surface area contributed by atoms with E-state index in [1.54, 1.807) is 13.2 Å². The van der Waals surface area contributed by atoms with Crippen LogP contribution in [0.5, 0.6) is 17.2 Å². The van der Waals surface area contributed by atoms with Crippen LogP contribution in [0.4, 0.5) is 0 Å². The molecule has 2 aromatic carbocycles. The van der Waals surface area contributed by atoms with Gasteiger partial charge in [0, 0.05) is 12.1 Å². The molecule has 28 heavy (non-hydrogen) atoms. The van der Waals surface area contributed by atoms with Crippen LogP contribution in [-0.2, 0) is 10.0 Å². The normalized spacial score (nSPS) is 12.7. The van der Waals surface area contributed by atoms with Crippen molar-refractivity contribution in [3.8, 4) is 17.2 Å². The molecule has 6 nitrogen and oxygen atoms in total. The molecule has 0 aliphatic heterocycles. The van der Waals surface area contributed by atoms with Gasteiger partial charge in [0.05, 0.1) is 26.2 Å². The molecule has 0 heterocycles. The van der Waals surface area contributed by atoms with Gasteiger partial charge in [-0.25, -0.2) is 13.1 Å². The fourth-order valence-electron chi connectivity index (χ4n) is 3.16. The number of methoxy groups -OCH3 is 3. The highest BCUT2D eigenvalue weighted by Crippen LogP contribution is 2.33. The van der Waals surface area contributed by atoms with Crippen LogP contribution in [0, 0.1) is 6.92 Å². The van der Waals surface area contributed by atoms with Crippen molar-refractivity contribution >= 4 is 10.0 Å². The third-order valence-corrected chi connectivity index (χ3v) is 6.24. The van der Waals surface area contributed by atoms with Gasteiger partial charge in [0.15, 0.2) is 11.5 Å². The molecule has 0 aromatic heterocycles. The lowest BCUT2D eigenvalue weighted by atomic mass is 9.94. The van der Waals surface area contributed by atoms with Gasteiger partial charge in [-0.1, -0.05) is 13.8 Å². The fraction of sp³-hybridized carbons (Fsp3) is 0.429. The molecule has 0 saturated carbocycles. The van der Waals surface area contributed by atoms with Gasteiger partial charge in [-0.3, -0.25) is 0 Å². The monoisotopic (exact) mass is 407 g/mol. The zero-order valence-electron chi connectivity index (χ0n) is 17.5. The number of benzene rings is 2. The van der Waals surface area contributed by atoms with E-state index in [0.717, 1.165) is 22.4 Å². The van der Waals surface area contributed by atoms with Gasteiger partial charge < -0.3 is 14.2 Å². The van der Waals surface area contributed by atoms with Crippen LogP contribution >= 0.6 is 0 Å². The summed E-state index contributed by atoms with van der Waals surface area (Å²) < 4.78 is 44.4. The lowest BCUT2D eigenvalue weighted by Gasteiger charge is -2.21. The van der Waals surface area contributed by atoms with Crippen LogP contribution in [-0.4, -0.2) is 29.7 Å². The number of ether oxygens (including phenoxy) is 3. The Balaban J connectivity index is 2.38. The van der Waals surface area contributed by atoms with Crippen molar-refractivity contribution in [2.75, 3.05) is 21.3 Å². The van der Waals surface area contributed by atoms with E-state index >= 15 is 0 Å². The second-order valence-corrected chi connectivity index (χ2v) is 8.68. The predicted molar refractivity (Wildman–Crippen MR) is 110 cm³/mol. The third kappa shape index (κ3) is 4.59. The van der Waals surface area contributed by atoms with Gasteiger partial charge in [-0.05, 0) is 60.7 Å². The molecule has 1 atom stereocenters. The summed E-state index contributed by atoms with van der Waals surface area (Å²) in [5.74, 6) is 1.90. The molecule has 0 radical (unpaired) electrons. The van der Waals surface area contributed by atoms with Gasteiger partial charge in [0.1, 0.15) is 5.75 Å². The van der Waals surface area contributed by atoms with Crippen molar-refractivity contribution < 1.29 is 22.6 Å². The maximum absolute atomic E-state index is 12.9. The van der Waals surface area contributed by atoms with Crippen molar-refractivity contribution in [2.45, 2.75) is 44.6 Å². The first-order valence-corrected chi connectivity index (χ1v) is 10.6. The van der Waals surface area contributed by atoms with Crippen molar-refractivity contribution in [1.29, 1.82) is 0 Å². The van der Waals surface area contributed by atoms with Gasteiger partial charge in [-0.15, -0.1) is 0 Å². The minimum atomic E-state index is -3.75. The van der Waals surface area contributed by atoms with E-state index in [2.05, 4.69) is 18.6 Å². The highest BCUT2D eigenvalue weighted by molar-refractivity contribution is 7.89. The molecule has 0 fully saturated rings. The summed E-state index contributed by atoms with van der Waals surface area (Å²) in [7, 11) is 0.871. The Kier molecular flexibility index (Phi) is 6.96. The van der Waals surface area contributed by atoms with Gasteiger partial charge in [0.2, 0.25) is 10.0 Å². The highest BCUT2D eigenvalue weighted by atomic mass is 32.2. The van der Waals surface area contributed by atoms with Gasteiger partial charge >= 0.3 is 0 Å². The molecule has 2 aromatic rings. The first-order chi connectivity index (χ1) is 13.1. The molecule has 154 valence electrons. The zero-order chi connectivity index (χ0) is 21.1. The van der Waals surface area contributed by atoms with E-state index < -0.39 is 16.1 Å². The molecular formula is C21H29NO5S. The summed E-state index contributed by atoms with van der Waals surface area (Å²) in [5, 5.41) is 0. The first-order valence-electron chi connectivity index (χ1n) is 9.07. The van der Waals surface area contributed by atoms with Crippen molar-refractivity contribution in [2.24, 2.45) is 0 Å². The maximum atomic E-state index is 12.9. The summed E-state index contributed by atoms with van der Waals surface area (Å²) in [5.41, 5.74) is 2.91. The Morgan fingerprint density at radius 1 is 0.821 bits per heavy atom. The maximum Gasteiger partial charge on any atom is 0.241 e. The minimum absolute atomic E-state index is 0.118. The molecule has 0 amide bonds.